The standard InChI is InChI=1S/C55H107N/c1-8-12-15-18-21-23-28-35-42-52(5)43-36-30-26-27-34-41-49-56(11-4)50-48-53(6)44-37-29-24-25-31-38-45-54(7)51-55(46-39-32-20-17-14-10-3)47-40-33-22-19-16-13-9-2/h48,50,53,55H,5,7-47,49,51H2,1-4,6H3/b50-48-. The Morgan fingerprint density at radius 2 is 0.750 bits per heavy atom. The number of hydrogen-bond acceptors (Lipinski definition) is 1. The second-order valence-corrected chi connectivity index (χ2v) is 18.7. The largest absolute Gasteiger partial charge is 0.378 e. The lowest BCUT2D eigenvalue weighted by atomic mass is 9.87. The maximum Gasteiger partial charge on any atom is 0.0172 e. The number of unbranched alkanes of at least 4 members (excludes halogenated alkanes) is 28. The number of nitrogens with zero attached hydrogens (tertiary/aromatic N) is 1. The highest BCUT2D eigenvalue weighted by molar-refractivity contribution is 4.96. The van der Waals surface area contributed by atoms with Crippen molar-refractivity contribution < 1.29 is 0 Å². The number of rotatable bonds is 47. The van der Waals surface area contributed by atoms with Gasteiger partial charge < -0.3 is 4.90 Å². The first kappa shape index (κ1) is 55.0. The van der Waals surface area contributed by atoms with Crippen LogP contribution in [-0.4, -0.2) is 18.0 Å². The molecule has 2 unspecified atom stereocenters. The minimum atomic E-state index is 0.697. The van der Waals surface area contributed by atoms with Crippen molar-refractivity contribution in [1.82, 2.24) is 4.90 Å². The fourth-order valence-corrected chi connectivity index (χ4v) is 8.74. The van der Waals surface area contributed by atoms with Gasteiger partial charge in [-0.05, 0) is 82.7 Å². The molecule has 0 saturated heterocycles. The summed E-state index contributed by atoms with van der Waals surface area (Å²) in [6.45, 7) is 23.0. The Hall–Kier alpha value is -0.980. The van der Waals surface area contributed by atoms with Gasteiger partial charge in [-0.2, -0.15) is 0 Å². The first-order chi connectivity index (χ1) is 27.5. The van der Waals surface area contributed by atoms with Crippen LogP contribution < -0.4 is 0 Å². The Labute approximate surface area is 356 Å². The van der Waals surface area contributed by atoms with Crippen molar-refractivity contribution in [3.8, 4) is 0 Å². The van der Waals surface area contributed by atoms with E-state index in [-0.39, 0.29) is 0 Å². The molecule has 0 N–H and O–H groups in total. The average molecular weight is 782 g/mol. The molecule has 0 aliphatic heterocycles. The highest BCUT2D eigenvalue weighted by Crippen LogP contribution is 2.27. The Kier molecular flexibility index (Phi) is 44.3. The van der Waals surface area contributed by atoms with Crippen LogP contribution in [0.1, 0.15) is 291 Å². The monoisotopic (exact) mass is 782 g/mol. The zero-order chi connectivity index (χ0) is 41.0. The third-order valence-corrected chi connectivity index (χ3v) is 12.8. The van der Waals surface area contributed by atoms with Crippen molar-refractivity contribution in [2.24, 2.45) is 11.8 Å². The predicted molar refractivity (Wildman–Crippen MR) is 259 cm³/mol. The zero-order valence-electron chi connectivity index (χ0n) is 39.9. The zero-order valence-corrected chi connectivity index (χ0v) is 39.9. The molecule has 0 heterocycles. The molecule has 0 fully saturated rings. The van der Waals surface area contributed by atoms with E-state index < -0.39 is 0 Å². The third kappa shape index (κ3) is 41.2. The number of allylic oxidation sites excluding steroid dienone is 3. The predicted octanol–water partition coefficient (Wildman–Crippen LogP) is 19.9. The normalized spacial score (nSPS) is 12.8. The molecule has 1 nitrogen and oxygen atoms in total. The molecule has 0 saturated carbocycles. The van der Waals surface area contributed by atoms with Gasteiger partial charge in [0.1, 0.15) is 0 Å². The lowest BCUT2D eigenvalue weighted by Crippen LogP contribution is -2.18. The summed E-state index contributed by atoms with van der Waals surface area (Å²) in [5.74, 6) is 1.60. The molecule has 56 heavy (non-hydrogen) atoms. The van der Waals surface area contributed by atoms with Gasteiger partial charge in [0.05, 0.1) is 0 Å². The van der Waals surface area contributed by atoms with E-state index in [1.54, 1.807) is 5.57 Å². The minimum Gasteiger partial charge on any atom is -0.378 e. The molecule has 0 aliphatic rings. The van der Waals surface area contributed by atoms with Gasteiger partial charge in [0.25, 0.3) is 0 Å². The summed E-state index contributed by atoms with van der Waals surface area (Å²) < 4.78 is 0. The molecule has 2 atom stereocenters. The van der Waals surface area contributed by atoms with Crippen molar-refractivity contribution >= 4 is 0 Å². The van der Waals surface area contributed by atoms with Crippen LogP contribution in [0.25, 0.3) is 0 Å². The van der Waals surface area contributed by atoms with Gasteiger partial charge in [0.2, 0.25) is 0 Å². The molecule has 0 radical (unpaired) electrons. The van der Waals surface area contributed by atoms with Crippen molar-refractivity contribution in [2.45, 2.75) is 291 Å². The fourth-order valence-electron chi connectivity index (χ4n) is 8.74. The summed E-state index contributed by atoms with van der Waals surface area (Å²) >= 11 is 0. The third-order valence-electron chi connectivity index (χ3n) is 12.8. The Bertz CT molecular complexity index is 823. The lowest BCUT2D eigenvalue weighted by molar-refractivity contribution is 0.375. The van der Waals surface area contributed by atoms with Crippen LogP contribution in [0, 0.1) is 11.8 Å². The van der Waals surface area contributed by atoms with Crippen LogP contribution in [0.4, 0.5) is 0 Å². The molecule has 0 aliphatic carbocycles. The molecule has 0 bridgehead atoms. The van der Waals surface area contributed by atoms with Crippen molar-refractivity contribution in [3.05, 3.63) is 36.6 Å². The Balaban J connectivity index is 3.92. The van der Waals surface area contributed by atoms with Crippen molar-refractivity contribution in [2.75, 3.05) is 13.1 Å². The van der Waals surface area contributed by atoms with E-state index in [1.165, 1.54) is 269 Å². The SMILES string of the molecule is C=C(CCCCCCCCCC)CCCCCCCCN(/C=C\C(C)CCCCCCCCC(=C)CC(CCCCCCCC)CCCCCCCCC)CC. The van der Waals surface area contributed by atoms with E-state index in [2.05, 4.69) is 65.0 Å². The fraction of sp³-hybridized carbons (Fsp3) is 0.891. The van der Waals surface area contributed by atoms with Crippen LogP contribution in [0.15, 0.2) is 36.6 Å². The lowest BCUT2D eigenvalue weighted by Gasteiger charge is -2.19. The molecule has 0 rings (SSSR count). The van der Waals surface area contributed by atoms with Crippen molar-refractivity contribution in [1.29, 1.82) is 0 Å². The summed E-state index contributed by atoms with van der Waals surface area (Å²) in [5, 5.41) is 0. The molecule has 332 valence electrons. The summed E-state index contributed by atoms with van der Waals surface area (Å²) in [5.41, 5.74) is 3.07. The van der Waals surface area contributed by atoms with E-state index in [0.29, 0.717) is 5.92 Å². The summed E-state index contributed by atoms with van der Waals surface area (Å²) in [6, 6.07) is 0. The Morgan fingerprint density at radius 1 is 0.411 bits per heavy atom. The molecule has 0 aromatic carbocycles. The number of hydrogen-bond donors (Lipinski definition) is 0. The molecule has 0 aromatic heterocycles. The smallest absolute Gasteiger partial charge is 0.0172 e. The topological polar surface area (TPSA) is 3.24 Å². The molecular weight excluding hydrogens is 675 g/mol. The van der Waals surface area contributed by atoms with Crippen LogP contribution in [0.3, 0.4) is 0 Å². The molecule has 0 amide bonds. The summed E-state index contributed by atoms with van der Waals surface area (Å²) in [7, 11) is 0. The molecule has 0 spiro atoms. The average Bonchev–Trinajstić information content (AvgIpc) is 3.19. The van der Waals surface area contributed by atoms with Crippen molar-refractivity contribution in [3.63, 3.8) is 0 Å². The maximum atomic E-state index is 4.59. The van der Waals surface area contributed by atoms with E-state index in [0.717, 1.165) is 12.5 Å². The van der Waals surface area contributed by atoms with Gasteiger partial charge >= 0.3 is 0 Å². The second kappa shape index (κ2) is 45.1. The van der Waals surface area contributed by atoms with Gasteiger partial charge in [0.15, 0.2) is 0 Å². The summed E-state index contributed by atoms with van der Waals surface area (Å²) in [6.07, 6.45) is 60.8. The van der Waals surface area contributed by atoms with Crippen LogP contribution in [0.5, 0.6) is 0 Å². The van der Waals surface area contributed by atoms with Gasteiger partial charge in [-0.15, -0.1) is 0 Å². The van der Waals surface area contributed by atoms with Crippen LogP contribution in [0.2, 0.25) is 0 Å². The highest BCUT2D eigenvalue weighted by Gasteiger charge is 2.11. The maximum absolute atomic E-state index is 4.59. The molecule has 1 heteroatoms. The minimum absolute atomic E-state index is 0.697. The summed E-state index contributed by atoms with van der Waals surface area (Å²) in [4.78, 5) is 2.55. The van der Waals surface area contributed by atoms with E-state index in [4.69, 9.17) is 0 Å². The van der Waals surface area contributed by atoms with Gasteiger partial charge in [-0.1, -0.05) is 257 Å². The van der Waals surface area contributed by atoms with Crippen LogP contribution >= 0.6 is 0 Å². The second-order valence-electron chi connectivity index (χ2n) is 18.7. The first-order valence-corrected chi connectivity index (χ1v) is 26.2. The quantitative estimate of drug-likeness (QED) is 0.0439. The van der Waals surface area contributed by atoms with Gasteiger partial charge in [0, 0.05) is 13.1 Å². The van der Waals surface area contributed by atoms with E-state index >= 15 is 0 Å². The van der Waals surface area contributed by atoms with Gasteiger partial charge in [-0.3, -0.25) is 0 Å². The first-order valence-electron chi connectivity index (χ1n) is 26.2. The van der Waals surface area contributed by atoms with E-state index in [1.807, 2.05) is 0 Å². The van der Waals surface area contributed by atoms with E-state index in [9.17, 15) is 0 Å². The van der Waals surface area contributed by atoms with Gasteiger partial charge in [-0.25, -0.2) is 0 Å². The highest BCUT2D eigenvalue weighted by atomic mass is 15.1. The molecular formula is C55H107N. The molecule has 0 aromatic rings. The Morgan fingerprint density at radius 3 is 1.16 bits per heavy atom. The van der Waals surface area contributed by atoms with Crippen LogP contribution in [-0.2, 0) is 0 Å².